The van der Waals surface area contributed by atoms with Crippen molar-refractivity contribution in [3.05, 3.63) is 107 Å². The van der Waals surface area contributed by atoms with Crippen LogP contribution >= 0.6 is 0 Å². The summed E-state index contributed by atoms with van der Waals surface area (Å²) < 4.78 is 3.66. The number of benzene rings is 2. The Bertz CT molecular complexity index is 1840. The van der Waals surface area contributed by atoms with E-state index in [4.69, 9.17) is 5.10 Å². The van der Waals surface area contributed by atoms with Crippen molar-refractivity contribution in [2.75, 3.05) is 23.7 Å². The number of anilines is 2. The van der Waals surface area contributed by atoms with E-state index in [0.29, 0.717) is 17.2 Å². The van der Waals surface area contributed by atoms with Gasteiger partial charge in [0.15, 0.2) is 5.78 Å². The maximum absolute atomic E-state index is 14.4. The zero-order chi connectivity index (χ0) is 31.7. The molecule has 232 valence electrons. The van der Waals surface area contributed by atoms with Crippen molar-refractivity contribution in [3.8, 4) is 5.69 Å². The molecule has 9 heteroatoms. The van der Waals surface area contributed by atoms with E-state index in [1.165, 1.54) is 0 Å². The minimum Gasteiger partial charge on any atom is -0.317 e. The second-order valence-electron chi connectivity index (χ2n) is 13.0. The van der Waals surface area contributed by atoms with Crippen LogP contribution in [0.2, 0.25) is 0 Å². The predicted molar refractivity (Wildman–Crippen MR) is 179 cm³/mol. The number of urea groups is 1. The van der Waals surface area contributed by atoms with Crippen LogP contribution in [0.4, 0.5) is 16.3 Å². The molecule has 1 saturated heterocycles. The first kappa shape index (κ1) is 30.3. The van der Waals surface area contributed by atoms with Gasteiger partial charge in [0.25, 0.3) is 0 Å². The van der Waals surface area contributed by atoms with Gasteiger partial charge in [-0.15, -0.1) is 0 Å². The van der Waals surface area contributed by atoms with Crippen LogP contribution in [0.15, 0.2) is 79.0 Å². The number of nitrogens with one attached hydrogen (secondary N) is 3. The van der Waals surface area contributed by atoms with E-state index in [2.05, 4.69) is 41.7 Å². The predicted octanol–water partition coefficient (Wildman–Crippen LogP) is 7.04. The molecule has 2 amide bonds. The van der Waals surface area contributed by atoms with E-state index in [1.54, 1.807) is 4.68 Å². The molecule has 3 aromatic heterocycles. The van der Waals surface area contributed by atoms with Gasteiger partial charge in [0.2, 0.25) is 0 Å². The highest BCUT2D eigenvalue weighted by atomic mass is 16.2. The molecular formula is C36H41N7O2. The summed E-state index contributed by atoms with van der Waals surface area (Å²) in [5.41, 5.74) is 6.26. The third-order valence-corrected chi connectivity index (χ3v) is 8.58. The monoisotopic (exact) mass is 603 g/mol. The number of fused-ring (bicyclic) bond motifs is 1. The molecule has 45 heavy (non-hydrogen) atoms. The number of Topliss-reactive ketones (excluding diaryl/α,β-unsaturated/α-hetero) is 1. The fourth-order valence-electron chi connectivity index (χ4n) is 6.18. The molecular weight excluding hydrogens is 562 g/mol. The van der Waals surface area contributed by atoms with Crippen LogP contribution < -0.4 is 16.0 Å². The molecule has 6 rings (SSSR count). The van der Waals surface area contributed by atoms with Gasteiger partial charge in [-0.3, -0.25) is 14.5 Å². The minimum absolute atomic E-state index is 0.0522. The van der Waals surface area contributed by atoms with Crippen molar-refractivity contribution in [2.24, 2.45) is 5.92 Å². The molecule has 0 spiro atoms. The van der Waals surface area contributed by atoms with Gasteiger partial charge in [0.05, 0.1) is 23.0 Å². The zero-order valence-corrected chi connectivity index (χ0v) is 26.6. The van der Waals surface area contributed by atoms with Crippen molar-refractivity contribution >= 4 is 29.0 Å². The van der Waals surface area contributed by atoms with Gasteiger partial charge < -0.3 is 10.6 Å². The molecule has 1 aliphatic rings. The fraction of sp³-hybridized carbons (Fsp3) is 0.333. The van der Waals surface area contributed by atoms with Gasteiger partial charge in [-0.2, -0.15) is 5.10 Å². The van der Waals surface area contributed by atoms with Crippen LogP contribution in [0.25, 0.3) is 11.3 Å². The van der Waals surface area contributed by atoms with Crippen molar-refractivity contribution in [3.63, 3.8) is 0 Å². The SMILES string of the molecule is Cc1ccc(-n2nc(C(C)(C)C)cc2NC(=O)Nc2cccc(C(C(=O)c3c(C)nc4ccccn34)C3CCNCC3)c2)cc1. The number of amides is 2. The highest BCUT2D eigenvalue weighted by molar-refractivity contribution is 6.02. The lowest BCUT2D eigenvalue weighted by atomic mass is 9.77. The normalized spacial score (nSPS) is 14.8. The average Bonchev–Trinajstić information content (AvgIpc) is 3.59. The van der Waals surface area contributed by atoms with E-state index in [1.807, 2.05) is 97.2 Å². The zero-order valence-electron chi connectivity index (χ0n) is 26.6. The van der Waals surface area contributed by atoms with Crippen molar-refractivity contribution < 1.29 is 9.59 Å². The largest absolute Gasteiger partial charge is 0.324 e. The van der Waals surface area contributed by atoms with E-state index in [9.17, 15) is 9.59 Å². The Morgan fingerprint density at radius 3 is 2.42 bits per heavy atom. The Balaban J connectivity index is 1.29. The van der Waals surface area contributed by atoms with Crippen LogP contribution in [0.5, 0.6) is 0 Å². The van der Waals surface area contributed by atoms with Gasteiger partial charge in [0, 0.05) is 23.4 Å². The molecule has 1 fully saturated rings. The average molecular weight is 604 g/mol. The summed E-state index contributed by atoms with van der Waals surface area (Å²) in [6.07, 6.45) is 3.68. The number of pyridine rings is 1. The van der Waals surface area contributed by atoms with Gasteiger partial charge in [-0.1, -0.05) is 56.7 Å². The molecule has 1 unspecified atom stereocenters. The molecule has 0 saturated carbocycles. The van der Waals surface area contributed by atoms with Crippen LogP contribution in [-0.2, 0) is 5.41 Å². The molecule has 0 radical (unpaired) electrons. The summed E-state index contributed by atoms with van der Waals surface area (Å²) in [5.74, 6) is 0.420. The summed E-state index contributed by atoms with van der Waals surface area (Å²) in [7, 11) is 0. The van der Waals surface area contributed by atoms with Gasteiger partial charge >= 0.3 is 6.03 Å². The summed E-state index contributed by atoms with van der Waals surface area (Å²) in [4.78, 5) is 32.5. The van der Waals surface area contributed by atoms with Crippen molar-refractivity contribution in [1.29, 1.82) is 0 Å². The molecule has 0 bridgehead atoms. The first-order chi connectivity index (χ1) is 21.6. The van der Waals surface area contributed by atoms with Gasteiger partial charge in [-0.25, -0.2) is 14.5 Å². The second-order valence-corrected chi connectivity index (χ2v) is 13.0. The number of aryl methyl sites for hydroxylation is 2. The van der Waals surface area contributed by atoms with E-state index in [-0.39, 0.29) is 29.1 Å². The molecule has 3 N–H and O–H groups in total. The quantitative estimate of drug-likeness (QED) is 0.173. The summed E-state index contributed by atoms with van der Waals surface area (Å²) in [5, 5.41) is 14.3. The highest BCUT2D eigenvalue weighted by Gasteiger charge is 2.34. The molecule has 4 heterocycles. The second kappa shape index (κ2) is 12.3. The van der Waals surface area contributed by atoms with E-state index < -0.39 is 0 Å². The number of hydrogen-bond donors (Lipinski definition) is 3. The van der Waals surface area contributed by atoms with Crippen molar-refractivity contribution in [1.82, 2.24) is 24.5 Å². The Labute approximate surface area is 264 Å². The topological polar surface area (TPSA) is 105 Å². The Kier molecular flexibility index (Phi) is 8.29. The Morgan fingerprint density at radius 2 is 1.69 bits per heavy atom. The van der Waals surface area contributed by atoms with Crippen LogP contribution in [-0.4, -0.2) is 44.1 Å². The lowest BCUT2D eigenvalue weighted by molar-refractivity contribution is 0.0909. The van der Waals surface area contributed by atoms with E-state index >= 15 is 0 Å². The van der Waals surface area contributed by atoms with E-state index in [0.717, 1.165) is 59.8 Å². The fourth-order valence-corrected chi connectivity index (χ4v) is 6.18. The van der Waals surface area contributed by atoms with Crippen LogP contribution in [0, 0.1) is 19.8 Å². The Hall–Kier alpha value is -4.76. The number of carbonyl (C=O) groups is 2. The highest BCUT2D eigenvalue weighted by Crippen LogP contribution is 2.36. The summed E-state index contributed by atoms with van der Waals surface area (Å²) >= 11 is 0. The van der Waals surface area contributed by atoms with Crippen LogP contribution in [0.3, 0.4) is 0 Å². The number of imidazole rings is 1. The lowest BCUT2D eigenvalue weighted by Crippen LogP contribution is -2.34. The smallest absolute Gasteiger partial charge is 0.317 e. The number of carbonyl (C=O) groups excluding carboxylic acids is 2. The molecule has 1 atom stereocenters. The number of nitrogens with zero attached hydrogens (tertiary/aromatic N) is 4. The summed E-state index contributed by atoms with van der Waals surface area (Å²) in [6, 6.07) is 23.0. The molecule has 0 aliphatic carbocycles. The van der Waals surface area contributed by atoms with Crippen molar-refractivity contribution in [2.45, 2.75) is 58.8 Å². The van der Waals surface area contributed by atoms with Gasteiger partial charge in [-0.05, 0) is 87.7 Å². The first-order valence-corrected chi connectivity index (χ1v) is 15.6. The number of piperidine rings is 1. The molecule has 5 aromatic rings. The van der Waals surface area contributed by atoms with Gasteiger partial charge in [0.1, 0.15) is 17.2 Å². The third-order valence-electron chi connectivity index (χ3n) is 8.58. The summed E-state index contributed by atoms with van der Waals surface area (Å²) in [6.45, 7) is 12.0. The number of ketones is 1. The third kappa shape index (κ3) is 6.40. The maximum Gasteiger partial charge on any atom is 0.324 e. The number of aromatic nitrogens is 4. The maximum atomic E-state index is 14.4. The molecule has 2 aromatic carbocycles. The Morgan fingerprint density at radius 1 is 0.933 bits per heavy atom. The molecule has 1 aliphatic heterocycles. The molecule has 9 nitrogen and oxygen atoms in total. The first-order valence-electron chi connectivity index (χ1n) is 15.6. The standard InChI is InChI=1S/C36H41N7O2/c1-23-12-14-28(15-13-23)43-31(22-29(41-43)36(3,4)5)40-35(45)39-27-10-8-9-26(21-27)32(25-16-18-37-19-17-25)34(44)33-24(2)38-30-11-6-7-20-42(30)33/h6-15,20-22,25,32,37H,16-19H2,1-5H3,(H2,39,40,45). The lowest BCUT2D eigenvalue weighted by Gasteiger charge is -2.30. The number of rotatable bonds is 7. The minimum atomic E-state index is -0.386. The van der Waals surface area contributed by atoms with Crippen LogP contribution in [0.1, 0.15) is 72.5 Å². The number of hydrogen-bond acceptors (Lipinski definition) is 5.